The largest absolute Gasteiger partial charge is 0.480 e. The summed E-state index contributed by atoms with van der Waals surface area (Å²) in [6.45, 7) is 1.37. The number of fused-ring (bicyclic) bond motifs is 1. The molecule has 0 saturated carbocycles. The van der Waals surface area contributed by atoms with Crippen LogP contribution in [0.2, 0.25) is 0 Å². The predicted molar refractivity (Wildman–Crippen MR) is 68.5 cm³/mol. The van der Waals surface area contributed by atoms with E-state index in [2.05, 4.69) is 5.32 Å². The number of benzene rings is 2. The smallest absolute Gasteiger partial charge is 0.325 e. The van der Waals surface area contributed by atoms with E-state index in [0.717, 1.165) is 0 Å². The quantitative estimate of drug-likeness (QED) is 0.890. The van der Waals surface area contributed by atoms with Gasteiger partial charge in [-0.25, -0.2) is 4.39 Å². The van der Waals surface area contributed by atoms with Crippen LogP contribution in [0.25, 0.3) is 10.8 Å². The van der Waals surface area contributed by atoms with E-state index in [1.165, 1.54) is 19.1 Å². The number of aliphatic carboxylic acids is 1. The standard InChI is InChI=1S/C14H12FNO3/c1-8(14(18)19)16-13(17)11-6-7-12(15)10-5-3-2-4-9(10)11/h2-8H,1H3,(H,16,17)(H,18,19). The van der Waals surface area contributed by atoms with Crippen LogP contribution in [0.1, 0.15) is 17.3 Å². The van der Waals surface area contributed by atoms with E-state index in [-0.39, 0.29) is 5.56 Å². The minimum absolute atomic E-state index is 0.255. The first kappa shape index (κ1) is 13.0. The van der Waals surface area contributed by atoms with Crippen molar-refractivity contribution in [3.63, 3.8) is 0 Å². The third-order valence-electron chi connectivity index (χ3n) is 2.83. The second-order valence-corrected chi connectivity index (χ2v) is 4.17. The van der Waals surface area contributed by atoms with E-state index in [0.29, 0.717) is 10.8 Å². The summed E-state index contributed by atoms with van der Waals surface area (Å²) < 4.78 is 13.6. The third-order valence-corrected chi connectivity index (χ3v) is 2.83. The molecule has 1 amide bonds. The van der Waals surface area contributed by atoms with Crippen molar-refractivity contribution in [1.29, 1.82) is 0 Å². The highest BCUT2D eigenvalue weighted by molar-refractivity contribution is 6.08. The van der Waals surface area contributed by atoms with Crippen LogP contribution in [0, 0.1) is 5.82 Å². The van der Waals surface area contributed by atoms with Gasteiger partial charge in [-0.1, -0.05) is 24.3 Å². The minimum atomic E-state index is -1.13. The molecule has 0 spiro atoms. The molecule has 0 aliphatic heterocycles. The maximum atomic E-state index is 13.6. The molecule has 0 fully saturated rings. The number of carbonyl (C=O) groups excluding carboxylic acids is 1. The minimum Gasteiger partial charge on any atom is -0.480 e. The highest BCUT2D eigenvalue weighted by Gasteiger charge is 2.17. The summed E-state index contributed by atoms with van der Waals surface area (Å²) in [5.41, 5.74) is 0.255. The lowest BCUT2D eigenvalue weighted by Crippen LogP contribution is -2.38. The molecule has 0 saturated heterocycles. The fourth-order valence-corrected chi connectivity index (χ4v) is 1.80. The van der Waals surface area contributed by atoms with Crippen molar-refractivity contribution >= 4 is 22.6 Å². The van der Waals surface area contributed by atoms with Crippen LogP contribution in [0.15, 0.2) is 36.4 Å². The molecule has 2 aromatic carbocycles. The van der Waals surface area contributed by atoms with Crippen LogP contribution >= 0.6 is 0 Å². The van der Waals surface area contributed by atoms with Crippen molar-refractivity contribution < 1.29 is 19.1 Å². The van der Waals surface area contributed by atoms with Gasteiger partial charge in [0.1, 0.15) is 11.9 Å². The number of nitrogens with one attached hydrogen (secondary N) is 1. The Kier molecular flexibility index (Phi) is 3.46. The van der Waals surface area contributed by atoms with Gasteiger partial charge in [-0.3, -0.25) is 9.59 Å². The maximum Gasteiger partial charge on any atom is 0.325 e. The van der Waals surface area contributed by atoms with E-state index < -0.39 is 23.7 Å². The first-order valence-electron chi connectivity index (χ1n) is 5.71. The van der Waals surface area contributed by atoms with Crippen molar-refractivity contribution in [1.82, 2.24) is 5.32 Å². The average molecular weight is 261 g/mol. The monoisotopic (exact) mass is 261 g/mol. The molecular formula is C14H12FNO3. The Morgan fingerprint density at radius 3 is 2.42 bits per heavy atom. The molecule has 0 radical (unpaired) electrons. The summed E-state index contributed by atoms with van der Waals surface area (Å²) in [6.07, 6.45) is 0. The van der Waals surface area contributed by atoms with Crippen molar-refractivity contribution in [3.8, 4) is 0 Å². The summed E-state index contributed by atoms with van der Waals surface area (Å²) >= 11 is 0. The Labute approximate surface area is 108 Å². The molecule has 19 heavy (non-hydrogen) atoms. The Balaban J connectivity index is 2.43. The van der Waals surface area contributed by atoms with Gasteiger partial charge in [0, 0.05) is 10.9 Å². The van der Waals surface area contributed by atoms with Gasteiger partial charge < -0.3 is 10.4 Å². The topological polar surface area (TPSA) is 66.4 Å². The van der Waals surface area contributed by atoms with Gasteiger partial charge in [-0.15, -0.1) is 0 Å². The second kappa shape index (κ2) is 5.06. The Morgan fingerprint density at radius 1 is 1.16 bits per heavy atom. The van der Waals surface area contributed by atoms with Crippen LogP contribution in [0.5, 0.6) is 0 Å². The van der Waals surface area contributed by atoms with Crippen molar-refractivity contribution in [2.24, 2.45) is 0 Å². The molecule has 0 heterocycles. The van der Waals surface area contributed by atoms with Crippen LogP contribution in [0.4, 0.5) is 4.39 Å². The zero-order valence-corrected chi connectivity index (χ0v) is 10.2. The molecule has 2 aromatic rings. The van der Waals surface area contributed by atoms with Gasteiger partial charge in [0.05, 0.1) is 0 Å². The molecule has 1 unspecified atom stereocenters. The summed E-state index contributed by atoms with van der Waals surface area (Å²) in [5, 5.41) is 11.9. The number of carboxylic acids is 1. The summed E-state index contributed by atoms with van der Waals surface area (Å²) in [4.78, 5) is 22.7. The second-order valence-electron chi connectivity index (χ2n) is 4.17. The average Bonchev–Trinajstić information content (AvgIpc) is 2.39. The molecular weight excluding hydrogens is 249 g/mol. The Hall–Kier alpha value is -2.43. The van der Waals surface area contributed by atoms with Gasteiger partial charge in [0.25, 0.3) is 5.91 Å². The third kappa shape index (κ3) is 2.54. The van der Waals surface area contributed by atoms with E-state index in [1.54, 1.807) is 24.3 Å². The molecule has 0 aliphatic carbocycles. The number of rotatable bonds is 3. The van der Waals surface area contributed by atoms with E-state index in [1.807, 2.05) is 0 Å². The fraction of sp³-hybridized carbons (Fsp3) is 0.143. The molecule has 98 valence electrons. The normalized spacial score (nSPS) is 12.1. The zero-order valence-electron chi connectivity index (χ0n) is 10.2. The number of halogens is 1. The molecule has 2 rings (SSSR count). The van der Waals surface area contributed by atoms with E-state index in [9.17, 15) is 14.0 Å². The van der Waals surface area contributed by atoms with Crippen LogP contribution < -0.4 is 5.32 Å². The number of carbonyl (C=O) groups is 2. The number of hydrogen-bond donors (Lipinski definition) is 2. The summed E-state index contributed by atoms with van der Waals surface area (Å²) in [5.74, 6) is -2.08. The maximum absolute atomic E-state index is 13.6. The Morgan fingerprint density at radius 2 is 1.79 bits per heavy atom. The zero-order chi connectivity index (χ0) is 14.0. The lowest BCUT2D eigenvalue weighted by atomic mass is 10.0. The highest BCUT2D eigenvalue weighted by atomic mass is 19.1. The molecule has 5 heteroatoms. The predicted octanol–water partition coefficient (Wildman–Crippen LogP) is 2.18. The van der Waals surface area contributed by atoms with Crippen LogP contribution in [-0.2, 0) is 4.79 Å². The molecule has 0 aliphatic rings. The number of hydrogen-bond acceptors (Lipinski definition) is 2. The van der Waals surface area contributed by atoms with Crippen LogP contribution in [-0.4, -0.2) is 23.0 Å². The van der Waals surface area contributed by atoms with Gasteiger partial charge in [-0.2, -0.15) is 0 Å². The molecule has 2 N–H and O–H groups in total. The van der Waals surface area contributed by atoms with Gasteiger partial charge in [0.15, 0.2) is 0 Å². The van der Waals surface area contributed by atoms with Crippen molar-refractivity contribution in [2.75, 3.05) is 0 Å². The SMILES string of the molecule is CC(NC(=O)c1ccc(F)c2ccccc12)C(=O)O. The van der Waals surface area contributed by atoms with Crippen molar-refractivity contribution in [3.05, 3.63) is 47.8 Å². The first-order chi connectivity index (χ1) is 9.00. The van der Waals surface area contributed by atoms with E-state index >= 15 is 0 Å². The molecule has 0 aromatic heterocycles. The number of amides is 1. The van der Waals surface area contributed by atoms with Gasteiger partial charge >= 0.3 is 5.97 Å². The highest BCUT2D eigenvalue weighted by Crippen LogP contribution is 2.21. The van der Waals surface area contributed by atoms with Gasteiger partial charge in [-0.05, 0) is 24.4 Å². The summed E-state index contributed by atoms with van der Waals surface area (Å²) in [7, 11) is 0. The molecule has 4 nitrogen and oxygen atoms in total. The van der Waals surface area contributed by atoms with Crippen LogP contribution in [0.3, 0.4) is 0 Å². The van der Waals surface area contributed by atoms with E-state index in [4.69, 9.17) is 5.11 Å². The molecule has 1 atom stereocenters. The van der Waals surface area contributed by atoms with Crippen molar-refractivity contribution in [2.45, 2.75) is 13.0 Å². The summed E-state index contributed by atoms with van der Waals surface area (Å²) in [6, 6.07) is 8.10. The number of carboxylic acid groups (broad SMARTS) is 1. The lowest BCUT2D eigenvalue weighted by Gasteiger charge is -2.11. The fourth-order valence-electron chi connectivity index (χ4n) is 1.80. The molecule has 0 bridgehead atoms. The van der Waals surface area contributed by atoms with Gasteiger partial charge in [0.2, 0.25) is 0 Å². The first-order valence-corrected chi connectivity index (χ1v) is 5.71. The lowest BCUT2D eigenvalue weighted by molar-refractivity contribution is -0.138. The Bertz CT molecular complexity index is 654.